The van der Waals surface area contributed by atoms with Crippen molar-refractivity contribution in [3.63, 3.8) is 0 Å². The molecule has 1 atom stereocenters. The number of nitrogens with zero attached hydrogens (tertiary/aromatic N) is 1. The van der Waals surface area contributed by atoms with E-state index in [1.54, 1.807) is 44.9 Å². The Kier molecular flexibility index (Phi) is 8.29. The van der Waals surface area contributed by atoms with E-state index < -0.39 is 0 Å². The minimum absolute atomic E-state index is 0.138. The fourth-order valence-electron chi connectivity index (χ4n) is 4.64. The summed E-state index contributed by atoms with van der Waals surface area (Å²) in [5.74, 6) is 2.18. The maximum Gasteiger partial charge on any atom is 0.259 e. The molecule has 1 unspecified atom stereocenters. The number of benzene rings is 2. The second kappa shape index (κ2) is 11.3. The quantitative estimate of drug-likeness (QED) is 0.289. The van der Waals surface area contributed by atoms with Crippen molar-refractivity contribution in [2.75, 3.05) is 26.6 Å². The Labute approximate surface area is 231 Å². The van der Waals surface area contributed by atoms with Crippen LogP contribution in [0.3, 0.4) is 0 Å². The van der Waals surface area contributed by atoms with E-state index in [4.69, 9.17) is 19.2 Å². The highest BCUT2D eigenvalue weighted by atomic mass is 79.9. The van der Waals surface area contributed by atoms with E-state index in [9.17, 15) is 4.79 Å². The van der Waals surface area contributed by atoms with Gasteiger partial charge in [-0.15, -0.1) is 11.3 Å². The van der Waals surface area contributed by atoms with Crippen LogP contribution in [0.1, 0.15) is 53.6 Å². The van der Waals surface area contributed by atoms with Crippen molar-refractivity contribution in [2.45, 2.75) is 40.0 Å². The van der Waals surface area contributed by atoms with Crippen LogP contribution >= 0.6 is 27.3 Å². The molecule has 8 heteroatoms. The number of fused-ring (bicyclic) bond motifs is 1. The number of methoxy groups -OCH3 is 3. The van der Waals surface area contributed by atoms with Crippen LogP contribution in [0, 0.1) is 11.3 Å². The smallest absolute Gasteiger partial charge is 0.259 e. The van der Waals surface area contributed by atoms with Gasteiger partial charge in [-0.1, -0.05) is 36.7 Å². The number of hydrogen-bond acceptors (Lipinski definition) is 6. The monoisotopic (exact) mass is 584 g/mol. The number of ether oxygens (including phenoxy) is 3. The van der Waals surface area contributed by atoms with E-state index in [-0.39, 0.29) is 11.3 Å². The zero-order chi connectivity index (χ0) is 26.7. The molecule has 0 saturated heterocycles. The predicted octanol–water partition coefficient (Wildman–Crippen LogP) is 7.69. The van der Waals surface area contributed by atoms with Crippen molar-refractivity contribution in [2.24, 2.45) is 16.3 Å². The highest BCUT2D eigenvalue weighted by molar-refractivity contribution is 9.10. The van der Waals surface area contributed by atoms with Crippen LogP contribution in [0.5, 0.6) is 17.2 Å². The van der Waals surface area contributed by atoms with Crippen LogP contribution in [0.25, 0.3) is 0 Å². The van der Waals surface area contributed by atoms with Gasteiger partial charge in [0.15, 0.2) is 11.5 Å². The first-order valence-electron chi connectivity index (χ1n) is 12.2. The Morgan fingerprint density at radius 1 is 1.05 bits per heavy atom. The minimum atomic E-state index is -0.138. The van der Waals surface area contributed by atoms with Crippen molar-refractivity contribution in [3.8, 4) is 17.2 Å². The molecule has 0 radical (unpaired) electrons. The van der Waals surface area contributed by atoms with E-state index in [0.29, 0.717) is 33.7 Å². The second-order valence-electron chi connectivity index (χ2n) is 10.2. The van der Waals surface area contributed by atoms with E-state index in [2.05, 4.69) is 42.0 Å². The van der Waals surface area contributed by atoms with Crippen molar-refractivity contribution in [3.05, 3.63) is 62.4 Å². The average Bonchev–Trinajstić information content (AvgIpc) is 3.25. The lowest BCUT2D eigenvalue weighted by Gasteiger charge is -2.33. The molecule has 0 bridgehead atoms. The normalized spacial score (nSPS) is 15.4. The largest absolute Gasteiger partial charge is 0.496 e. The molecule has 2 aromatic carbocycles. The molecule has 1 aromatic heterocycles. The van der Waals surface area contributed by atoms with Gasteiger partial charge in [0, 0.05) is 32.9 Å². The standard InChI is InChI=1S/C29H33BrN2O4S/c1-29(2,3)18-7-12-21-25(14-18)37-28(26(21)27(33)32-20-10-8-19(30)9-11-20)31-16-17-13-23(35-5)24(36-6)15-22(17)34-4/h8-11,13,15-16,18H,7,12,14H2,1-6H3,(H,32,33). The minimum Gasteiger partial charge on any atom is -0.496 e. The van der Waals surface area contributed by atoms with E-state index in [0.717, 1.165) is 40.5 Å². The zero-order valence-corrected chi connectivity index (χ0v) is 24.5. The summed E-state index contributed by atoms with van der Waals surface area (Å²) in [5, 5.41) is 3.77. The van der Waals surface area contributed by atoms with Gasteiger partial charge < -0.3 is 19.5 Å². The van der Waals surface area contributed by atoms with Crippen LogP contribution in [-0.2, 0) is 12.8 Å². The number of amides is 1. The maximum absolute atomic E-state index is 13.6. The average molecular weight is 586 g/mol. The van der Waals surface area contributed by atoms with Crippen molar-refractivity contribution in [1.82, 2.24) is 0 Å². The summed E-state index contributed by atoms with van der Waals surface area (Å²) in [5.41, 5.74) is 3.46. The van der Waals surface area contributed by atoms with E-state index in [1.165, 1.54) is 4.88 Å². The highest BCUT2D eigenvalue weighted by Gasteiger charge is 2.33. The molecule has 1 amide bonds. The molecule has 1 aliphatic carbocycles. The molecule has 0 saturated carbocycles. The molecule has 0 fully saturated rings. The van der Waals surface area contributed by atoms with Crippen molar-refractivity contribution < 1.29 is 19.0 Å². The molecule has 1 aliphatic rings. The van der Waals surface area contributed by atoms with Crippen molar-refractivity contribution >= 4 is 50.1 Å². The van der Waals surface area contributed by atoms with Gasteiger partial charge in [0.25, 0.3) is 5.91 Å². The molecule has 6 nitrogen and oxygen atoms in total. The lowest BCUT2D eigenvalue weighted by atomic mass is 9.72. The molecule has 1 heterocycles. The van der Waals surface area contributed by atoms with Gasteiger partial charge in [-0.05, 0) is 66.5 Å². The number of carbonyl (C=O) groups is 1. The van der Waals surface area contributed by atoms with Crippen LogP contribution in [-0.4, -0.2) is 33.5 Å². The van der Waals surface area contributed by atoms with Crippen LogP contribution in [0.15, 0.2) is 45.9 Å². The van der Waals surface area contributed by atoms with E-state index in [1.807, 2.05) is 30.3 Å². The van der Waals surface area contributed by atoms with Gasteiger partial charge >= 0.3 is 0 Å². The highest BCUT2D eigenvalue weighted by Crippen LogP contribution is 2.45. The number of hydrogen-bond donors (Lipinski definition) is 1. The summed E-state index contributed by atoms with van der Waals surface area (Å²) < 4.78 is 17.4. The lowest BCUT2D eigenvalue weighted by molar-refractivity contribution is 0.102. The molecule has 3 aromatic rings. The SMILES string of the molecule is COc1cc(OC)c(OC)cc1C=Nc1sc2c(c1C(=O)Nc1ccc(Br)cc1)CCC(C(C)(C)C)C2. The van der Waals surface area contributed by atoms with Crippen LogP contribution < -0.4 is 19.5 Å². The number of rotatable bonds is 7. The summed E-state index contributed by atoms with van der Waals surface area (Å²) >= 11 is 5.06. The molecule has 0 aliphatic heterocycles. The number of anilines is 1. The summed E-state index contributed by atoms with van der Waals surface area (Å²) in [6.45, 7) is 6.87. The third-order valence-electron chi connectivity index (χ3n) is 6.86. The molecule has 37 heavy (non-hydrogen) atoms. The molecule has 4 rings (SSSR count). The van der Waals surface area contributed by atoms with Gasteiger partial charge in [-0.25, -0.2) is 4.99 Å². The first-order valence-corrected chi connectivity index (χ1v) is 13.8. The molecular formula is C29H33BrN2O4S. The topological polar surface area (TPSA) is 69.1 Å². The number of aliphatic imine (C=N–C) groups is 1. The molecule has 1 N–H and O–H groups in total. The van der Waals surface area contributed by atoms with Gasteiger partial charge in [-0.2, -0.15) is 0 Å². The van der Waals surface area contributed by atoms with Gasteiger partial charge in [0.05, 0.1) is 26.9 Å². The van der Waals surface area contributed by atoms with Gasteiger partial charge in [-0.3, -0.25) is 4.79 Å². The second-order valence-corrected chi connectivity index (χ2v) is 12.2. The Morgan fingerprint density at radius 3 is 2.32 bits per heavy atom. The zero-order valence-electron chi connectivity index (χ0n) is 22.1. The Hall–Kier alpha value is -2.84. The number of halogens is 1. The molecular weight excluding hydrogens is 552 g/mol. The Bertz CT molecular complexity index is 1310. The Balaban J connectivity index is 1.75. The van der Waals surface area contributed by atoms with Crippen LogP contribution in [0.2, 0.25) is 0 Å². The van der Waals surface area contributed by atoms with Gasteiger partial charge in [0.2, 0.25) is 0 Å². The third-order valence-corrected chi connectivity index (χ3v) is 8.55. The lowest BCUT2D eigenvalue weighted by Crippen LogP contribution is -2.27. The third kappa shape index (κ3) is 6.02. The van der Waals surface area contributed by atoms with Gasteiger partial charge in [0.1, 0.15) is 10.8 Å². The van der Waals surface area contributed by atoms with Crippen molar-refractivity contribution in [1.29, 1.82) is 0 Å². The van der Waals surface area contributed by atoms with Crippen LogP contribution in [0.4, 0.5) is 10.7 Å². The Morgan fingerprint density at radius 2 is 1.70 bits per heavy atom. The number of carbonyl (C=O) groups excluding carboxylic acids is 1. The molecule has 0 spiro atoms. The summed E-state index contributed by atoms with van der Waals surface area (Å²) in [6.07, 6.45) is 4.61. The maximum atomic E-state index is 13.6. The molecule has 196 valence electrons. The summed E-state index contributed by atoms with van der Waals surface area (Å²) in [4.78, 5) is 19.7. The van der Waals surface area contributed by atoms with E-state index >= 15 is 0 Å². The summed E-state index contributed by atoms with van der Waals surface area (Å²) in [6, 6.07) is 11.2. The fraction of sp³-hybridized carbons (Fsp3) is 0.379. The number of thiophene rings is 1. The number of nitrogens with one attached hydrogen (secondary N) is 1. The predicted molar refractivity (Wildman–Crippen MR) is 155 cm³/mol. The fourth-order valence-corrected chi connectivity index (χ4v) is 6.18. The first-order chi connectivity index (χ1) is 17.6. The first kappa shape index (κ1) is 27.2. The summed E-state index contributed by atoms with van der Waals surface area (Å²) in [7, 11) is 4.78.